The molecule has 1 aromatic heterocycles. The Morgan fingerprint density at radius 2 is 2.26 bits per heavy atom. The maximum atomic E-state index is 12.0. The van der Waals surface area contributed by atoms with Gasteiger partial charge in [-0.25, -0.2) is 4.98 Å². The average molecular weight is 267 g/mol. The highest BCUT2D eigenvalue weighted by molar-refractivity contribution is 5.80. The van der Waals surface area contributed by atoms with E-state index in [9.17, 15) is 4.79 Å². The molecule has 0 spiro atoms. The first-order valence-corrected chi connectivity index (χ1v) is 6.93. The van der Waals surface area contributed by atoms with E-state index in [1.165, 1.54) is 0 Å². The molecule has 0 aliphatic carbocycles. The van der Waals surface area contributed by atoms with E-state index in [-0.39, 0.29) is 5.97 Å². The van der Waals surface area contributed by atoms with E-state index < -0.39 is 5.54 Å². The molecule has 1 aromatic rings. The van der Waals surface area contributed by atoms with Gasteiger partial charge in [-0.15, -0.1) is 0 Å². The van der Waals surface area contributed by atoms with Gasteiger partial charge in [0, 0.05) is 18.9 Å². The molecule has 1 atom stereocenters. The molecule has 108 valence electrons. The second-order valence-electron chi connectivity index (χ2n) is 4.85. The Hall–Kier alpha value is -1.36. The number of imidazole rings is 1. The summed E-state index contributed by atoms with van der Waals surface area (Å²) in [5.74, 6) is 0.834. The summed E-state index contributed by atoms with van der Waals surface area (Å²) in [4.78, 5) is 16.2. The van der Waals surface area contributed by atoms with Crippen LogP contribution in [0.1, 0.15) is 39.4 Å². The molecule has 0 saturated carbocycles. The molecule has 0 aliphatic rings. The molecule has 5 nitrogen and oxygen atoms in total. The van der Waals surface area contributed by atoms with Crippen LogP contribution in [-0.2, 0) is 16.1 Å². The van der Waals surface area contributed by atoms with Gasteiger partial charge in [0.25, 0.3) is 0 Å². The summed E-state index contributed by atoms with van der Waals surface area (Å²) in [5.41, 5.74) is -0.598. The van der Waals surface area contributed by atoms with Gasteiger partial charge in [0.2, 0.25) is 0 Å². The fraction of sp³-hybridized carbons (Fsp3) is 0.714. The highest BCUT2D eigenvalue weighted by atomic mass is 16.5. The second-order valence-corrected chi connectivity index (χ2v) is 4.85. The van der Waals surface area contributed by atoms with Gasteiger partial charge in [-0.2, -0.15) is 0 Å². The number of ether oxygens (including phenoxy) is 1. The van der Waals surface area contributed by atoms with Crippen molar-refractivity contribution in [2.75, 3.05) is 13.2 Å². The van der Waals surface area contributed by atoms with E-state index >= 15 is 0 Å². The van der Waals surface area contributed by atoms with Crippen LogP contribution in [0.25, 0.3) is 0 Å². The van der Waals surface area contributed by atoms with Crippen molar-refractivity contribution >= 4 is 5.97 Å². The molecule has 0 amide bonds. The van der Waals surface area contributed by atoms with E-state index in [4.69, 9.17) is 4.74 Å². The molecule has 1 unspecified atom stereocenters. The van der Waals surface area contributed by atoms with Crippen molar-refractivity contribution in [3.63, 3.8) is 0 Å². The minimum absolute atomic E-state index is 0.167. The third-order valence-electron chi connectivity index (χ3n) is 3.29. The van der Waals surface area contributed by atoms with Gasteiger partial charge in [0.1, 0.15) is 11.4 Å². The number of aromatic nitrogens is 2. The summed E-state index contributed by atoms with van der Waals surface area (Å²) in [6, 6.07) is 0. The van der Waals surface area contributed by atoms with Gasteiger partial charge in [-0.05, 0) is 40.2 Å². The van der Waals surface area contributed by atoms with Crippen LogP contribution >= 0.6 is 0 Å². The normalized spacial score (nSPS) is 14.1. The number of aryl methyl sites for hydroxylation is 2. The Morgan fingerprint density at radius 3 is 2.79 bits per heavy atom. The fourth-order valence-electron chi connectivity index (χ4n) is 2.19. The highest BCUT2D eigenvalue weighted by Gasteiger charge is 2.33. The third kappa shape index (κ3) is 4.35. The van der Waals surface area contributed by atoms with Crippen LogP contribution in [0.2, 0.25) is 0 Å². The van der Waals surface area contributed by atoms with Gasteiger partial charge < -0.3 is 14.6 Å². The molecular weight excluding hydrogens is 242 g/mol. The van der Waals surface area contributed by atoms with Crippen LogP contribution in [-0.4, -0.2) is 34.2 Å². The Bertz CT molecular complexity index is 403. The van der Waals surface area contributed by atoms with Crippen LogP contribution in [0.5, 0.6) is 0 Å². The molecule has 1 heterocycles. The molecule has 0 radical (unpaired) electrons. The van der Waals surface area contributed by atoms with Crippen LogP contribution in [0.15, 0.2) is 12.4 Å². The lowest BCUT2D eigenvalue weighted by molar-refractivity contribution is -0.150. The van der Waals surface area contributed by atoms with Crippen molar-refractivity contribution in [2.45, 2.75) is 52.6 Å². The zero-order valence-corrected chi connectivity index (χ0v) is 12.4. The number of carbonyl (C=O) groups is 1. The van der Waals surface area contributed by atoms with E-state index in [0.29, 0.717) is 6.61 Å². The highest BCUT2D eigenvalue weighted by Crippen LogP contribution is 2.16. The van der Waals surface area contributed by atoms with Gasteiger partial charge in [0.15, 0.2) is 0 Å². The number of carbonyl (C=O) groups excluding carboxylic acids is 1. The summed E-state index contributed by atoms with van der Waals surface area (Å²) in [6.07, 6.45) is 5.41. The monoisotopic (exact) mass is 267 g/mol. The van der Waals surface area contributed by atoms with Gasteiger partial charge in [0.05, 0.1) is 6.61 Å². The van der Waals surface area contributed by atoms with Crippen molar-refractivity contribution in [2.24, 2.45) is 0 Å². The summed E-state index contributed by atoms with van der Waals surface area (Å²) in [5, 5.41) is 3.24. The first kappa shape index (κ1) is 15.7. The first-order chi connectivity index (χ1) is 9.03. The van der Waals surface area contributed by atoms with Crippen molar-refractivity contribution in [3.8, 4) is 0 Å². The van der Waals surface area contributed by atoms with Crippen molar-refractivity contribution in [1.82, 2.24) is 14.9 Å². The Balaban J connectivity index is 2.54. The zero-order valence-electron chi connectivity index (χ0n) is 12.4. The maximum Gasteiger partial charge on any atom is 0.326 e. The number of nitrogens with one attached hydrogen (secondary N) is 1. The van der Waals surface area contributed by atoms with Crippen LogP contribution in [0.3, 0.4) is 0 Å². The molecule has 19 heavy (non-hydrogen) atoms. The molecule has 0 fully saturated rings. The van der Waals surface area contributed by atoms with Gasteiger partial charge in [-0.3, -0.25) is 4.79 Å². The SMILES string of the molecule is CCNC(C)(CCCn1ccnc1C)C(=O)OCC. The standard InChI is InChI=1S/C14H25N3O2/c1-5-16-14(4,13(18)19-6-2)8-7-10-17-11-9-15-12(17)3/h9,11,16H,5-8,10H2,1-4H3. The quantitative estimate of drug-likeness (QED) is 0.731. The van der Waals surface area contributed by atoms with Crippen molar-refractivity contribution in [3.05, 3.63) is 18.2 Å². The van der Waals surface area contributed by atoms with Gasteiger partial charge in [-0.1, -0.05) is 6.92 Å². The Kier molecular flexibility index (Phi) is 6.02. The smallest absolute Gasteiger partial charge is 0.326 e. The molecule has 0 bridgehead atoms. The largest absolute Gasteiger partial charge is 0.465 e. The number of likely N-dealkylation sites (N-methyl/N-ethyl adjacent to an activating group) is 1. The topological polar surface area (TPSA) is 56.2 Å². The zero-order chi connectivity index (χ0) is 14.3. The number of rotatable bonds is 8. The van der Waals surface area contributed by atoms with E-state index in [2.05, 4.69) is 14.9 Å². The predicted octanol–water partition coefficient (Wildman–Crippen LogP) is 1.90. The molecular formula is C14H25N3O2. The molecule has 5 heteroatoms. The fourth-order valence-corrected chi connectivity index (χ4v) is 2.19. The Morgan fingerprint density at radius 1 is 1.53 bits per heavy atom. The molecule has 1 N–H and O–H groups in total. The number of hydrogen-bond donors (Lipinski definition) is 1. The number of esters is 1. The average Bonchev–Trinajstić information content (AvgIpc) is 2.76. The number of hydrogen-bond acceptors (Lipinski definition) is 4. The lowest BCUT2D eigenvalue weighted by Gasteiger charge is -2.28. The van der Waals surface area contributed by atoms with E-state index in [1.54, 1.807) is 6.20 Å². The summed E-state index contributed by atoms with van der Waals surface area (Å²) in [7, 11) is 0. The third-order valence-corrected chi connectivity index (χ3v) is 3.29. The van der Waals surface area contributed by atoms with Crippen LogP contribution in [0.4, 0.5) is 0 Å². The minimum atomic E-state index is -0.598. The summed E-state index contributed by atoms with van der Waals surface area (Å²) in [6.45, 7) is 9.76. The number of nitrogens with zero attached hydrogens (tertiary/aromatic N) is 2. The van der Waals surface area contributed by atoms with Gasteiger partial charge >= 0.3 is 5.97 Å². The van der Waals surface area contributed by atoms with Crippen molar-refractivity contribution in [1.29, 1.82) is 0 Å². The Labute approximate surface area is 115 Å². The molecule has 0 saturated heterocycles. The lowest BCUT2D eigenvalue weighted by Crippen LogP contribution is -2.50. The first-order valence-electron chi connectivity index (χ1n) is 6.93. The molecule has 0 aliphatic heterocycles. The summed E-state index contributed by atoms with van der Waals surface area (Å²) < 4.78 is 7.25. The molecule has 1 rings (SSSR count). The lowest BCUT2D eigenvalue weighted by atomic mass is 9.95. The second kappa shape index (κ2) is 7.28. The van der Waals surface area contributed by atoms with E-state index in [0.717, 1.165) is 31.8 Å². The summed E-state index contributed by atoms with van der Waals surface area (Å²) >= 11 is 0. The maximum absolute atomic E-state index is 12.0. The van der Waals surface area contributed by atoms with Crippen LogP contribution in [0, 0.1) is 6.92 Å². The van der Waals surface area contributed by atoms with Crippen molar-refractivity contribution < 1.29 is 9.53 Å². The van der Waals surface area contributed by atoms with E-state index in [1.807, 2.05) is 33.9 Å². The molecule has 0 aromatic carbocycles. The van der Waals surface area contributed by atoms with Crippen LogP contribution < -0.4 is 5.32 Å². The predicted molar refractivity (Wildman–Crippen MR) is 74.9 cm³/mol. The minimum Gasteiger partial charge on any atom is -0.465 e.